The normalized spacial score (nSPS) is 11.7. The lowest BCUT2D eigenvalue weighted by Gasteiger charge is -2.18. The summed E-state index contributed by atoms with van der Waals surface area (Å²) in [7, 11) is 0. The molecule has 1 atom stereocenters. The van der Waals surface area contributed by atoms with Crippen LogP contribution in [0.2, 0.25) is 0 Å². The maximum atomic E-state index is 12.5. The molecule has 2 N–H and O–H groups in total. The Kier molecular flexibility index (Phi) is 6.32. The van der Waals surface area contributed by atoms with Gasteiger partial charge in [0.15, 0.2) is 0 Å². The molecule has 3 aromatic heterocycles. The van der Waals surface area contributed by atoms with Gasteiger partial charge in [0.25, 0.3) is 11.5 Å². The van der Waals surface area contributed by atoms with Crippen LogP contribution >= 0.6 is 11.8 Å². The van der Waals surface area contributed by atoms with E-state index in [1.165, 1.54) is 12.3 Å². The molecular weight excluding hydrogens is 362 g/mol. The fourth-order valence-electron chi connectivity index (χ4n) is 2.56. The molecule has 0 spiro atoms. The average Bonchev–Trinajstić information content (AvgIpc) is 2.71. The van der Waals surface area contributed by atoms with Crippen molar-refractivity contribution in [2.75, 3.05) is 12.0 Å². The predicted octanol–water partition coefficient (Wildman–Crippen LogP) is 2.45. The number of carbonyl (C=O) groups is 1. The fraction of sp³-hybridized carbons (Fsp3) is 0.211. The first kappa shape index (κ1) is 18.8. The highest BCUT2D eigenvalue weighted by Gasteiger charge is 2.19. The second-order valence-electron chi connectivity index (χ2n) is 5.81. The number of hydrogen-bond acceptors (Lipinski definition) is 6. The minimum Gasteiger partial charge on any atom is -0.344 e. The van der Waals surface area contributed by atoms with E-state index in [4.69, 9.17) is 0 Å². The number of hydrogen-bond donors (Lipinski definition) is 2. The number of amides is 1. The van der Waals surface area contributed by atoms with Crippen molar-refractivity contribution < 1.29 is 4.79 Å². The Labute approximate surface area is 160 Å². The summed E-state index contributed by atoms with van der Waals surface area (Å²) in [5.41, 5.74) is 1.41. The molecule has 0 fully saturated rings. The van der Waals surface area contributed by atoms with Crippen molar-refractivity contribution in [3.8, 4) is 11.4 Å². The Bertz CT molecular complexity index is 947. The van der Waals surface area contributed by atoms with Gasteiger partial charge in [0.05, 0.1) is 17.3 Å². The summed E-state index contributed by atoms with van der Waals surface area (Å²) in [6.45, 7) is 0. The van der Waals surface area contributed by atoms with E-state index in [1.807, 2.05) is 12.3 Å². The molecule has 0 aliphatic carbocycles. The first-order valence-corrected chi connectivity index (χ1v) is 9.78. The minimum absolute atomic E-state index is 0.251. The van der Waals surface area contributed by atoms with Crippen molar-refractivity contribution in [1.82, 2.24) is 25.3 Å². The Morgan fingerprint density at radius 2 is 2.00 bits per heavy atom. The summed E-state index contributed by atoms with van der Waals surface area (Å²) < 4.78 is 0. The summed E-state index contributed by atoms with van der Waals surface area (Å²) >= 11 is 1.66. The van der Waals surface area contributed by atoms with Crippen LogP contribution in [0.25, 0.3) is 11.4 Å². The number of rotatable bonds is 7. The minimum atomic E-state index is -0.386. The van der Waals surface area contributed by atoms with Crippen molar-refractivity contribution in [1.29, 1.82) is 0 Å². The van der Waals surface area contributed by atoms with E-state index in [2.05, 4.69) is 25.3 Å². The summed E-state index contributed by atoms with van der Waals surface area (Å²) in [4.78, 5) is 40.1. The zero-order valence-corrected chi connectivity index (χ0v) is 15.6. The Balaban J connectivity index is 1.91. The van der Waals surface area contributed by atoms with E-state index in [0.29, 0.717) is 29.1 Å². The molecule has 27 heavy (non-hydrogen) atoms. The van der Waals surface area contributed by atoms with Crippen LogP contribution in [0.15, 0.2) is 59.9 Å². The summed E-state index contributed by atoms with van der Waals surface area (Å²) in [5.74, 6) is 0.990. The molecule has 0 bridgehead atoms. The van der Waals surface area contributed by atoms with E-state index in [9.17, 15) is 9.59 Å². The van der Waals surface area contributed by atoms with Crippen LogP contribution in [0.4, 0.5) is 0 Å². The average molecular weight is 381 g/mol. The summed E-state index contributed by atoms with van der Waals surface area (Å²) in [5, 5.41) is 2.97. The van der Waals surface area contributed by atoms with Gasteiger partial charge in [-0.05, 0) is 42.7 Å². The summed E-state index contributed by atoms with van der Waals surface area (Å²) in [6, 6.07) is 8.03. The third kappa shape index (κ3) is 5.01. The Morgan fingerprint density at radius 1 is 1.22 bits per heavy atom. The second-order valence-corrected chi connectivity index (χ2v) is 6.80. The number of nitrogens with zero attached hydrogens (tertiary/aromatic N) is 3. The van der Waals surface area contributed by atoms with E-state index >= 15 is 0 Å². The number of carbonyl (C=O) groups excluding carboxylic acids is 1. The first-order chi connectivity index (χ1) is 13.2. The molecule has 0 aromatic carbocycles. The molecule has 0 aliphatic rings. The van der Waals surface area contributed by atoms with Crippen LogP contribution in [0.1, 0.15) is 28.5 Å². The molecule has 1 amide bonds. The van der Waals surface area contributed by atoms with Crippen molar-refractivity contribution in [3.05, 3.63) is 76.7 Å². The predicted molar refractivity (Wildman–Crippen MR) is 106 cm³/mol. The van der Waals surface area contributed by atoms with E-state index in [-0.39, 0.29) is 17.5 Å². The largest absolute Gasteiger partial charge is 0.344 e. The topological polar surface area (TPSA) is 101 Å². The second kappa shape index (κ2) is 9.09. The van der Waals surface area contributed by atoms with Gasteiger partial charge < -0.3 is 10.3 Å². The monoisotopic (exact) mass is 381 g/mol. The lowest BCUT2D eigenvalue weighted by atomic mass is 10.1. The molecule has 0 aliphatic heterocycles. The Morgan fingerprint density at radius 3 is 2.67 bits per heavy atom. The first-order valence-electron chi connectivity index (χ1n) is 8.39. The summed E-state index contributed by atoms with van der Waals surface area (Å²) in [6.07, 6.45) is 9.05. The standard InChI is InChI=1S/C19H19N5O2S/c1-27-9-6-15(23-19(26)14-5-3-8-21-12-14)16-10-17(25)24-18(22-16)13-4-2-7-20-11-13/h2-5,7-8,10-12,15H,6,9H2,1H3,(H,23,26)(H,22,24,25)/t15-/m0/s1. The van der Waals surface area contributed by atoms with Crippen LogP contribution in [-0.2, 0) is 0 Å². The number of H-pyrrole nitrogens is 1. The van der Waals surface area contributed by atoms with Crippen molar-refractivity contribution in [3.63, 3.8) is 0 Å². The maximum absolute atomic E-state index is 12.5. The van der Waals surface area contributed by atoms with Crippen molar-refractivity contribution in [2.24, 2.45) is 0 Å². The number of nitrogens with one attached hydrogen (secondary N) is 2. The van der Waals surface area contributed by atoms with Gasteiger partial charge in [0.2, 0.25) is 0 Å². The third-order valence-corrected chi connectivity index (χ3v) is 4.54. The van der Waals surface area contributed by atoms with E-state index in [1.54, 1.807) is 48.6 Å². The smallest absolute Gasteiger partial charge is 0.253 e. The molecule has 7 nitrogen and oxygen atoms in total. The van der Waals surface area contributed by atoms with Gasteiger partial charge in [-0.1, -0.05) is 0 Å². The number of aromatic amines is 1. The van der Waals surface area contributed by atoms with Gasteiger partial charge in [-0.2, -0.15) is 11.8 Å². The zero-order chi connectivity index (χ0) is 19.1. The number of pyridine rings is 2. The van der Waals surface area contributed by atoms with Crippen LogP contribution < -0.4 is 10.9 Å². The molecule has 3 heterocycles. The number of aromatic nitrogens is 4. The molecule has 0 unspecified atom stereocenters. The molecule has 0 saturated carbocycles. The quantitative estimate of drug-likeness (QED) is 0.652. The van der Waals surface area contributed by atoms with Crippen molar-refractivity contribution in [2.45, 2.75) is 12.5 Å². The van der Waals surface area contributed by atoms with Gasteiger partial charge >= 0.3 is 0 Å². The molecular formula is C19H19N5O2S. The lowest BCUT2D eigenvalue weighted by molar-refractivity contribution is 0.0934. The highest BCUT2D eigenvalue weighted by Crippen LogP contribution is 2.19. The third-order valence-electron chi connectivity index (χ3n) is 3.89. The highest BCUT2D eigenvalue weighted by atomic mass is 32.2. The maximum Gasteiger partial charge on any atom is 0.253 e. The molecule has 138 valence electrons. The molecule has 0 saturated heterocycles. The van der Waals surface area contributed by atoms with Gasteiger partial charge in [-0.25, -0.2) is 4.98 Å². The van der Waals surface area contributed by atoms with Crippen LogP contribution in [0, 0.1) is 0 Å². The van der Waals surface area contributed by atoms with Gasteiger partial charge in [0, 0.05) is 36.4 Å². The van der Waals surface area contributed by atoms with Gasteiger partial charge in [-0.3, -0.25) is 19.6 Å². The lowest BCUT2D eigenvalue weighted by Crippen LogP contribution is -2.30. The van der Waals surface area contributed by atoms with Crippen LogP contribution in [0.5, 0.6) is 0 Å². The molecule has 8 heteroatoms. The van der Waals surface area contributed by atoms with Crippen molar-refractivity contribution >= 4 is 17.7 Å². The van der Waals surface area contributed by atoms with Crippen LogP contribution in [0.3, 0.4) is 0 Å². The number of thioether (sulfide) groups is 1. The van der Waals surface area contributed by atoms with E-state index < -0.39 is 0 Å². The van der Waals surface area contributed by atoms with Crippen LogP contribution in [-0.4, -0.2) is 37.9 Å². The SMILES string of the molecule is CSCC[C@H](NC(=O)c1cccnc1)c1cc(=O)[nH]c(-c2cccnc2)n1. The Hall–Kier alpha value is -3.00. The van der Waals surface area contributed by atoms with E-state index in [0.717, 1.165) is 5.75 Å². The van der Waals surface area contributed by atoms with Gasteiger partial charge in [-0.15, -0.1) is 0 Å². The molecule has 0 radical (unpaired) electrons. The fourth-order valence-corrected chi connectivity index (χ4v) is 3.03. The van der Waals surface area contributed by atoms with Gasteiger partial charge in [0.1, 0.15) is 5.82 Å². The molecule has 3 aromatic rings. The highest BCUT2D eigenvalue weighted by molar-refractivity contribution is 7.98. The zero-order valence-electron chi connectivity index (χ0n) is 14.8. The molecule has 3 rings (SSSR count).